The fraction of sp³-hybridized carbons (Fsp3) is 0.316. The number of amides is 1. The molecule has 0 bridgehead atoms. The number of rotatable bonds is 7. The summed E-state index contributed by atoms with van der Waals surface area (Å²) in [5, 5.41) is 16.9. The number of carbonyl (C=O) groups excluding carboxylic acids is 1. The third kappa shape index (κ3) is 4.94. The van der Waals surface area contributed by atoms with Crippen molar-refractivity contribution in [2.75, 3.05) is 6.54 Å². The Bertz CT molecular complexity index is 803. The van der Waals surface area contributed by atoms with Gasteiger partial charge in [0.25, 0.3) is 5.91 Å². The van der Waals surface area contributed by atoms with Crippen LogP contribution in [0.3, 0.4) is 0 Å². The van der Waals surface area contributed by atoms with E-state index in [9.17, 15) is 10.1 Å². The molecule has 0 saturated heterocycles. The lowest BCUT2D eigenvalue weighted by atomic mass is 10.1. The topological polar surface area (TPSA) is 70.7 Å². The van der Waals surface area contributed by atoms with Crippen LogP contribution in [0.5, 0.6) is 0 Å². The lowest BCUT2D eigenvalue weighted by Gasteiger charge is -2.04. The zero-order chi connectivity index (χ0) is 18.2. The van der Waals surface area contributed by atoms with Crippen molar-refractivity contribution in [3.8, 4) is 6.07 Å². The zero-order valence-electron chi connectivity index (χ0n) is 14.4. The fourth-order valence-corrected chi connectivity index (χ4v) is 2.65. The molecule has 0 aliphatic heterocycles. The number of hydrogen-bond acceptors (Lipinski definition) is 3. The van der Waals surface area contributed by atoms with E-state index < -0.39 is 0 Å². The van der Waals surface area contributed by atoms with Crippen molar-refractivity contribution in [3.05, 3.63) is 57.9 Å². The fourth-order valence-electron chi connectivity index (χ4n) is 2.36. The van der Waals surface area contributed by atoms with Gasteiger partial charge in [0.05, 0.1) is 12.2 Å². The summed E-state index contributed by atoms with van der Waals surface area (Å²) >= 11 is 6.43. The molecule has 0 radical (unpaired) electrons. The van der Waals surface area contributed by atoms with E-state index in [1.54, 1.807) is 4.68 Å². The van der Waals surface area contributed by atoms with Crippen LogP contribution in [0.4, 0.5) is 0 Å². The maximum Gasteiger partial charge on any atom is 0.261 e. The molecule has 0 spiro atoms. The van der Waals surface area contributed by atoms with E-state index >= 15 is 0 Å². The van der Waals surface area contributed by atoms with Crippen molar-refractivity contribution in [2.24, 2.45) is 0 Å². The number of benzene rings is 1. The van der Waals surface area contributed by atoms with Crippen LogP contribution in [0.25, 0.3) is 6.08 Å². The molecule has 6 heteroatoms. The van der Waals surface area contributed by atoms with Crippen LogP contribution in [0.15, 0.2) is 35.9 Å². The van der Waals surface area contributed by atoms with Crippen LogP contribution >= 0.6 is 11.6 Å². The number of aryl methyl sites for hydroxylation is 1. The molecule has 0 atom stereocenters. The zero-order valence-corrected chi connectivity index (χ0v) is 15.2. The summed E-state index contributed by atoms with van der Waals surface area (Å²) < 4.78 is 1.67. The van der Waals surface area contributed by atoms with Gasteiger partial charge in [0.2, 0.25) is 0 Å². The molecule has 1 aromatic carbocycles. The van der Waals surface area contributed by atoms with Crippen molar-refractivity contribution in [1.29, 1.82) is 5.26 Å². The van der Waals surface area contributed by atoms with E-state index in [-0.39, 0.29) is 11.5 Å². The number of hydrogen-bond donors (Lipinski definition) is 1. The molecule has 0 fully saturated rings. The Morgan fingerprint density at radius 3 is 2.76 bits per heavy atom. The molecule has 25 heavy (non-hydrogen) atoms. The quantitative estimate of drug-likeness (QED) is 0.467. The van der Waals surface area contributed by atoms with Gasteiger partial charge in [-0.1, -0.05) is 55.3 Å². The number of nitriles is 1. The Morgan fingerprint density at radius 1 is 1.40 bits per heavy atom. The van der Waals surface area contributed by atoms with Gasteiger partial charge in [0.1, 0.15) is 16.8 Å². The Labute approximate surface area is 152 Å². The second-order valence-corrected chi connectivity index (χ2v) is 6.07. The molecule has 1 N–H and O–H groups in total. The van der Waals surface area contributed by atoms with E-state index in [1.165, 1.54) is 6.08 Å². The third-order valence-electron chi connectivity index (χ3n) is 3.75. The first kappa shape index (κ1) is 18.8. The number of carbonyl (C=O) groups is 1. The van der Waals surface area contributed by atoms with Gasteiger partial charge < -0.3 is 5.32 Å². The number of nitrogens with zero attached hydrogens (tertiary/aromatic N) is 3. The second kappa shape index (κ2) is 9.05. The van der Waals surface area contributed by atoms with Crippen molar-refractivity contribution < 1.29 is 4.79 Å². The van der Waals surface area contributed by atoms with Gasteiger partial charge in [-0.2, -0.15) is 10.4 Å². The molecule has 2 aromatic rings. The Kier molecular flexibility index (Phi) is 6.79. The first-order chi connectivity index (χ1) is 12.1. The van der Waals surface area contributed by atoms with Gasteiger partial charge in [-0.25, -0.2) is 4.68 Å². The van der Waals surface area contributed by atoms with Gasteiger partial charge in [-0.15, -0.1) is 0 Å². The van der Waals surface area contributed by atoms with E-state index in [4.69, 9.17) is 11.6 Å². The molecule has 130 valence electrons. The van der Waals surface area contributed by atoms with E-state index in [0.29, 0.717) is 29.5 Å². The summed E-state index contributed by atoms with van der Waals surface area (Å²) in [4.78, 5) is 12.1. The first-order valence-electron chi connectivity index (χ1n) is 8.23. The largest absolute Gasteiger partial charge is 0.351 e. The summed E-state index contributed by atoms with van der Waals surface area (Å²) in [6.45, 7) is 4.92. The minimum atomic E-state index is -0.387. The average molecular weight is 357 g/mol. The highest BCUT2D eigenvalue weighted by atomic mass is 35.5. The second-order valence-electron chi connectivity index (χ2n) is 5.71. The van der Waals surface area contributed by atoms with Gasteiger partial charge >= 0.3 is 0 Å². The van der Waals surface area contributed by atoms with E-state index in [1.807, 2.05) is 50.2 Å². The summed E-state index contributed by atoms with van der Waals surface area (Å²) in [6, 6.07) is 11.8. The molecule has 1 aromatic heterocycles. The normalized spacial score (nSPS) is 11.2. The highest BCUT2D eigenvalue weighted by Crippen LogP contribution is 2.23. The molecule has 0 unspecified atom stereocenters. The van der Waals surface area contributed by atoms with Crippen molar-refractivity contribution in [1.82, 2.24) is 15.1 Å². The van der Waals surface area contributed by atoms with Gasteiger partial charge in [-0.05, 0) is 25.0 Å². The summed E-state index contributed by atoms with van der Waals surface area (Å²) in [6.07, 6.45) is 3.36. The lowest BCUT2D eigenvalue weighted by Crippen LogP contribution is -2.25. The average Bonchev–Trinajstić information content (AvgIpc) is 2.87. The van der Waals surface area contributed by atoms with Gasteiger partial charge in [-0.3, -0.25) is 4.79 Å². The summed E-state index contributed by atoms with van der Waals surface area (Å²) in [5.74, 6) is -0.387. The van der Waals surface area contributed by atoms with Crippen molar-refractivity contribution >= 4 is 23.6 Å². The van der Waals surface area contributed by atoms with Crippen LogP contribution < -0.4 is 5.32 Å². The predicted molar refractivity (Wildman–Crippen MR) is 99.0 cm³/mol. The predicted octanol–water partition coefficient (Wildman–Crippen LogP) is 3.72. The van der Waals surface area contributed by atoms with E-state index in [2.05, 4.69) is 10.4 Å². The van der Waals surface area contributed by atoms with Crippen LogP contribution in [0, 0.1) is 18.3 Å². The molecular formula is C19H21ClN4O. The van der Waals surface area contributed by atoms with Gasteiger partial charge in [0.15, 0.2) is 0 Å². The molecule has 0 saturated carbocycles. The molecule has 1 heterocycles. The van der Waals surface area contributed by atoms with Crippen LogP contribution in [0.2, 0.25) is 5.15 Å². The Balaban J connectivity index is 2.23. The Morgan fingerprint density at radius 2 is 2.12 bits per heavy atom. The van der Waals surface area contributed by atoms with Gasteiger partial charge in [0, 0.05) is 12.1 Å². The SMILES string of the molecule is CCCCNC(=O)/C(C#N)=C/c1c(C)nn(Cc2ccccc2)c1Cl. The number of nitrogens with one attached hydrogen (secondary N) is 1. The van der Waals surface area contributed by atoms with E-state index in [0.717, 1.165) is 18.4 Å². The van der Waals surface area contributed by atoms with Crippen LogP contribution in [-0.4, -0.2) is 22.2 Å². The minimum Gasteiger partial charge on any atom is -0.351 e. The monoisotopic (exact) mass is 356 g/mol. The third-order valence-corrected chi connectivity index (χ3v) is 4.15. The molecular weight excluding hydrogens is 336 g/mol. The number of halogens is 1. The summed E-state index contributed by atoms with van der Waals surface area (Å²) in [5.41, 5.74) is 2.37. The lowest BCUT2D eigenvalue weighted by molar-refractivity contribution is -0.117. The first-order valence-corrected chi connectivity index (χ1v) is 8.61. The maximum atomic E-state index is 12.1. The maximum absolute atomic E-state index is 12.1. The van der Waals surface area contributed by atoms with Crippen molar-refractivity contribution in [2.45, 2.75) is 33.2 Å². The smallest absolute Gasteiger partial charge is 0.261 e. The molecule has 1 amide bonds. The highest BCUT2D eigenvalue weighted by Gasteiger charge is 2.15. The van der Waals surface area contributed by atoms with Crippen LogP contribution in [0.1, 0.15) is 36.6 Å². The summed E-state index contributed by atoms with van der Waals surface area (Å²) in [7, 11) is 0. The molecule has 0 aliphatic rings. The Hall–Kier alpha value is -2.58. The number of aromatic nitrogens is 2. The minimum absolute atomic E-state index is 0.0281. The number of unbranched alkanes of at least 4 members (excludes halogenated alkanes) is 1. The molecule has 2 rings (SSSR count). The van der Waals surface area contributed by atoms with Crippen LogP contribution in [-0.2, 0) is 11.3 Å². The van der Waals surface area contributed by atoms with Crippen molar-refractivity contribution in [3.63, 3.8) is 0 Å². The standard InChI is InChI=1S/C19H21ClN4O/c1-3-4-10-22-19(25)16(12-21)11-17-14(2)23-24(18(17)20)13-15-8-6-5-7-9-15/h5-9,11H,3-4,10,13H2,1-2H3,(H,22,25)/b16-11+. The molecule has 5 nitrogen and oxygen atoms in total. The highest BCUT2D eigenvalue weighted by molar-refractivity contribution is 6.31. The molecule has 0 aliphatic carbocycles.